The maximum absolute atomic E-state index is 14.0. The number of aromatic nitrogens is 6. The van der Waals surface area contributed by atoms with E-state index in [9.17, 15) is 4.57 Å². The van der Waals surface area contributed by atoms with E-state index in [2.05, 4.69) is 183 Å². The smallest absolute Gasteiger partial charge is 0.354 e. The molecule has 6 heterocycles. The van der Waals surface area contributed by atoms with Crippen LogP contribution in [0.15, 0.2) is 84.9 Å². The number of aryl methyl sites for hydroxylation is 12. The van der Waals surface area contributed by atoms with Crippen molar-refractivity contribution in [3.63, 3.8) is 0 Å². The van der Waals surface area contributed by atoms with Crippen LogP contribution in [0.5, 0.6) is 0 Å². The van der Waals surface area contributed by atoms with Crippen LogP contribution in [0.25, 0.3) is 113 Å². The van der Waals surface area contributed by atoms with E-state index in [1.165, 1.54) is 44.5 Å². The quantitative estimate of drug-likeness (QED) is 0.117. The molecule has 11 rings (SSSR count). The lowest BCUT2D eigenvalue weighted by Gasteiger charge is -2.17. The van der Waals surface area contributed by atoms with Crippen molar-refractivity contribution >= 4 is 70.3 Å². The van der Waals surface area contributed by atoms with Gasteiger partial charge in [0.1, 0.15) is 11.3 Å². The van der Waals surface area contributed by atoms with Crippen LogP contribution >= 0.6 is 7.60 Å². The number of rotatable bonds is 10. The van der Waals surface area contributed by atoms with Crippen molar-refractivity contribution in [2.75, 3.05) is 13.2 Å². The SMILES string of the molecule is CCOP(=O)(OCC)c1ccc(-c2nc3c4[nH]c(c(-c5c(C)cc(C)cc5C)c5nc(c(-c6c(C)cc(C)cc6C)c6ccc([nH]6)c(-c6c(C)cc(C)cc6C)c6nc(c4-c4c(C)cc(C)cc4C)C=C6)C=C5)c3[nH]2)cc1. The third kappa shape index (κ3) is 8.94. The molecule has 0 atom stereocenters. The molecule has 0 amide bonds. The van der Waals surface area contributed by atoms with Crippen molar-refractivity contribution in [3.8, 4) is 55.9 Å². The largest absolute Gasteiger partial charge is 0.361 e. The van der Waals surface area contributed by atoms with Gasteiger partial charge in [-0.25, -0.2) is 15.0 Å². The van der Waals surface area contributed by atoms with Crippen molar-refractivity contribution in [1.82, 2.24) is 29.9 Å². The van der Waals surface area contributed by atoms with E-state index in [0.717, 1.165) is 128 Å². The fourth-order valence-corrected chi connectivity index (χ4v) is 14.2. The van der Waals surface area contributed by atoms with Crippen LogP contribution in [0.1, 0.15) is 103 Å². The third-order valence-corrected chi connectivity index (χ3v) is 17.4. The second-order valence-electron chi connectivity index (χ2n) is 21.4. The first-order valence-corrected chi connectivity index (χ1v) is 28.3. The number of benzene rings is 5. The summed E-state index contributed by atoms with van der Waals surface area (Å²) < 4.78 is 25.5. The number of hydrogen-bond acceptors (Lipinski definition) is 6. The second kappa shape index (κ2) is 19.7. The van der Waals surface area contributed by atoms with E-state index in [1.807, 2.05) is 38.1 Å². The van der Waals surface area contributed by atoms with Crippen LogP contribution in [0, 0.1) is 83.1 Å². The highest BCUT2D eigenvalue weighted by Gasteiger charge is 2.29. The Labute approximate surface area is 452 Å². The Balaban J connectivity index is 1.39. The van der Waals surface area contributed by atoms with Gasteiger partial charge in [-0.2, -0.15) is 0 Å². The predicted octanol–water partition coefficient (Wildman–Crippen LogP) is 17.5. The Kier molecular flexibility index (Phi) is 13.2. The Morgan fingerprint density at radius 2 is 0.740 bits per heavy atom. The fraction of sp³-hybridized carbons (Fsp3) is 0.239. The Morgan fingerprint density at radius 1 is 0.390 bits per heavy atom. The standard InChI is InChI=1S/C67H67N6O3P/c1-15-75-77(74,76-16-2)48-19-17-47(18-20-48)67-72-65-63-61(57-43(11)31-37(5)32-44(57)12)53-25-23-51(69-53)59(55-39(7)27-35(3)28-40(55)8)49-21-22-50(68-49)60(56-41(9)29-36(4)30-42(56)10)52-24-26-54(70-52)62(64(71-63)66(65)73-67)58-45(13)33-38(6)34-46(58)14/h17-34,68,71H,15-16H2,1-14H3,(H,72,73). The highest BCUT2D eigenvalue weighted by atomic mass is 31.2. The average molecular weight is 1040 g/mol. The molecule has 8 bridgehead atoms. The van der Waals surface area contributed by atoms with Gasteiger partial charge in [-0.1, -0.05) is 82.9 Å². The molecular weight excluding hydrogens is 968 g/mol. The van der Waals surface area contributed by atoms with Crippen molar-refractivity contribution in [1.29, 1.82) is 0 Å². The molecule has 0 fully saturated rings. The number of hydrogen-bond donors (Lipinski definition) is 3. The minimum absolute atomic E-state index is 0.257. The van der Waals surface area contributed by atoms with Crippen LogP contribution < -0.4 is 5.30 Å². The molecule has 388 valence electrons. The zero-order chi connectivity index (χ0) is 54.4. The van der Waals surface area contributed by atoms with Gasteiger partial charge in [-0.3, -0.25) is 4.57 Å². The van der Waals surface area contributed by atoms with Crippen LogP contribution in [0.4, 0.5) is 0 Å². The summed E-state index contributed by atoms with van der Waals surface area (Å²) in [5.74, 6) is 0.652. The molecule has 0 aliphatic carbocycles. The first kappa shape index (κ1) is 51.4. The third-order valence-electron chi connectivity index (χ3n) is 15.2. The Hall–Kier alpha value is -7.68. The minimum atomic E-state index is -3.54. The van der Waals surface area contributed by atoms with Gasteiger partial charge < -0.3 is 24.0 Å². The van der Waals surface area contributed by atoms with Gasteiger partial charge in [0, 0.05) is 38.9 Å². The van der Waals surface area contributed by atoms with Gasteiger partial charge in [0.25, 0.3) is 0 Å². The predicted molar refractivity (Wildman–Crippen MR) is 323 cm³/mol. The monoisotopic (exact) mass is 1030 g/mol. The molecule has 3 N–H and O–H groups in total. The molecule has 0 radical (unpaired) electrons. The van der Waals surface area contributed by atoms with E-state index in [1.54, 1.807) is 0 Å². The number of H-pyrrole nitrogens is 3. The number of nitrogens with zero attached hydrogens (tertiary/aromatic N) is 3. The normalized spacial score (nSPS) is 12.4. The van der Waals surface area contributed by atoms with E-state index in [0.29, 0.717) is 11.1 Å². The summed E-state index contributed by atoms with van der Waals surface area (Å²) in [4.78, 5) is 29.1. The van der Waals surface area contributed by atoms with Crippen LogP contribution in [-0.4, -0.2) is 43.1 Å². The highest BCUT2D eigenvalue weighted by molar-refractivity contribution is 7.62. The first-order valence-electron chi connectivity index (χ1n) is 26.8. The summed E-state index contributed by atoms with van der Waals surface area (Å²) >= 11 is 0. The average Bonchev–Trinajstić information content (AvgIpc) is 4.37. The molecule has 0 spiro atoms. The maximum Gasteiger partial charge on any atom is 0.361 e. The van der Waals surface area contributed by atoms with Gasteiger partial charge in [0.15, 0.2) is 0 Å². The molecule has 4 aromatic heterocycles. The molecule has 10 heteroatoms. The maximum atomic E-state index is 14.0. The van der Waals surface area contributed by atoms with Gasteiger partial charge >= 0.3 is 7.60 Å². The van der Waals surface area contributed by atoms with E-state index in [4.69, 9.17) is 24.0 Å². The molecule has 77 heavy (non-hydrogen) atoms. The summed E-state index contributed by atoms with van der Waals surface area (Å²) in [6.45, 7) is 30.4. The Bertz CT molecular complexity index is 3910. The first-order chi connectivity index (χ1) is 36.9. The number of aromatic amines is 3. The van der Waals surface area contributed by atoms with Gasteiger partial charge in [0.05, 0.1) is 57.8 Å². The van der Waals surface area contributed by atoms with Gasteiger partial charge in [-0.05, 0) is 212 Å². The van der Waals surface area contributed by atoms with Crippen molar-refractivity contribution in [3.05, 3.63) is 174 Å². The van der Waals surface area contributed by atoms with Crippen molar-refractivity contribution in [2.24, 2.45) is 0 Å². The fourth-order valence-electron chi connectivity index (χ4n) is 12.6. The zero-order valence-corrected chi connectivity index (χ0v) is 47.7. The number of fused-ring (bicyclic) bond motifs is 11. The summed E-state index contributed by atoms with van der Waals surface area (Å²) in [5.41, 5.74) is 31.8. The molecule has 0 unspecified atom stereocenters. The molecular formula is C67H67N6O3P. The van der Waals surface area contributed by atoms with Crippen molar-refractivity contribution < 1.29 is 13.6 Å². The lowest BCUT2D eigenvalue weighted by Crippen LogP contribution is -2.10. The van der Waals surface area contributed by atoms with E-state index >= 15 is 0 Å². The molecule has 9 aromatic rings. The van der Waals surface area contributed by atoms with Gasteiger partial charge in [0.2, 0.25) is 0 Å². The molecule has 9 nitrogen and oxygen atoms in total. The zero-order valence-electron chi connectivity index (χ0n) is 46.8. The summed E-state index contributed by atoms with van der Waals surface area (Å²) in [6.07, 6.45) is 8.73. The van der Waals surface area contributed by atoms with Crippen molar-refractivity contribution in [2.45, 2.75) is 96.9 Å². The number of imidazole rings is 1. The van der Waals surface area contributed by atoms with Crippen LogP contribution in [-0.2, 0) is 13.6 Å². The molecule has 2 aliphatic rings. The van der Waals surface area contributed by atoms with Crippen LogP contribution in [0.3, 0.4) is 0 Å². The topological polar surface area (TPSA) is 122 Å². The van der Waals surface area contributed by atoms with Gasteiger partial charge in [-0.15, -0.1) is 0 Å². The summed E-state index contributed by atoms with van der Waals surface area (Å²) in [5, 5.41) is 0.492. The molecule has 2 aliphatic heterocycles. The minimum Gasteiger partial charge on any atom is -0.354 e. The number of nitrogens with one attached hydrogen (secondary N) is 3. The lowest BCUT2D eigenvalue weighted by molar-refractivity contribution is 0.230. The Morgan fingerprint density at radius 3 is 1.12 bits per heavy atom. The molecule has 0 saturated heterocycles. The summed E-state index contributed by atoms with van der Waals surface area (Å²) in [7, 11) is -3.54. The van der Waals surface area contributed by atoms with E-state index < -0.39 is 7.60 Å². The van der Waals surface area contributed by atoms with E-state index in [-0.39, 0.29) is 13.2 Å². The second-order valence-corrected chi connectivity index (χ2v) is 23.4. The van der Waals surface area contributed by atoms with Crippen LogP contribution in [0.2, 0.25) is 0 Å². The molecule has 5 aromatic carbocycles. The lowest BCUT2D eigenvalue weighted by atomic mass is 9.92. The summed E-state index contributed by atoms with van der Waals surface area (Å²) in [6, 6.07) is 30.1. The highest BCUT2D eigenvalue weighted by Crippen LogP contribution is 2.48. The molecule has 0 saturated carbocycles.